The molecule has 0 spiro atoms. The van der Waals surface area contributed by atoms with Crippen LogP contribution in [0.5, 0.6) is 0 Å². The molecule has 0 saturated carbocycles. The van der Waals surface area contributed by atoms with Crippen LogP contribution in [-0.4, -0.2) is 42.9 Å². The van der Waals surface area contributed by atoms with E-state index >= 15 is 0 Å². The van der Waals surface area contributed by atoms with E-state index < -0.39 is 18.0 Å². The Morgan fingerprint density at radius 1 is 1.25 bits per heavy atom. The van der Waals surface area contributed by atoms with Crippen molar-refractivity contribution < 1.29 is 19.4 Å². The molecule has 0 aromatic heterocycles. The molecule has 0 aliphatic heterocycles. The Morgan fingerprint density at radius 2 is 1.81 bits per heavy atom. The second-order valence-corrected chi connectivity index (χ2v) is 4.00. The van der Waals surface area contributed by atoms with Crippen molar-refractivity contribution in [2.75, 3.05) is 13.7 Å². The number of rotatable bonds is 6. The van der Waals surface area contributed by atoms with Gasteiger partial charge in [0.25, 0.3) is 0 Å². The van der Waals surface area contributed by atoms with Gasteiger partial charge in [0, 0.05) is 13.2 Å². The Hall–Kier alpha value is -1.30. The smallest absolute Gasteiger partial charge is 0.328 e. The van der Waals surface area contributed by atoms with Gasteiger partial charge in [-0.2, -0.15) is 0 Å². The van der Waals surface area contributed by atoms with Crippen LogP contribution in [0.4, 0.5) is 4.79 Å². The number of methoxy groups -OCH3 is 1. The van der Waals surface area contributed by atoms with Crippen LogP contribution in [0.15, 0.2) is 0 Å². The lowest BCUT2D eigenvalue weighted by Gasteiger charge is -2.20. The molecule has 3 N–H and O–H groups in total. The van der Waals surface area contributed by atoms with Crippen LogP contribution in [0.25, 0.3) is 0 Å². The average Bonchev–Trinajstić information content (AvgIpc) is 2.16. The minimum Gasteiger partial charge on any atom is -0.480 e. The van der Waals surface area contributed by atoms with Crippen LogP contribution >= 0.6 is 0 Å². The first kappa shape index (κ1) is 14.7. The summed E-state index contributed by atoms with van der Waals surface area (Å²) in [5, 5.41) is 13.8. The zero-order valence-corrected chi connectivity index (χ0v) is 10.1. The summed E-state index contributed by atoms with van der Waals surface area (Å²) in [5.74, 6) is -0.828. The number of hydrogen-bond acceptors (Lipinski definition) is 3. The highest BCUT2D eigenvalue weighted by atomic mass is 16.5. The molecule has 2 atom stereocenters. The molecule has 94 valence electrons. The van der Waals surface area contributed by atoms with Crippen molar-refractivity contribution in [2.45, 2.75) is 32.9 Å². The molecular formula is C10H20N2O4. The van der Waals surface area contributed by atoms with Gasteiger partial charge in [-0.1, -0.05) is 13.8 Å². The predicted molar refractivity (Wildman–Crippen MR) is 59.3 cm³/mol. The third-order valence-electron chi connectivity index (χ3n) is 2.30. The van der Waals surface area contributed by atoms with Gasteiger partial charge in [0.15, 0.2) is 6.04 Å². The van der Waals surface area contributed by atoms with E-state index in [0.717, 1.165) is 0 Å². The fourth-order valence-electron chi connectivity index (χ4n) is 0.915. The number of ether oxygens (including phenoxy) is 1. The third-order valence-corrected chi connectivity index (χ3v) is 2.30. The Bertz CT molecular complexity index is 243. The number of nitrogens with one attached hydrogen (secondary N) is 2. The van der Waals surface area contributed by atoms with Crippen molar-refractivity contribution in [2.24, 2.45) is 5.92 Å². The maximum absolute atomic E-state index is 11.4. The molecule has 0 radical (unpaired) electrons. The van der Waals surface area contributed by atoms with Gasteiger partial charge >= 0.3 is 12.0 Å². The molecule has 2 amide bonds. The van der Waals surface area contributed by atoms with Crippen LogP contribution in [0.1, 0.15) is 20.8 Å². The van der Waals surface area contributed by atoms with E-state index in [0.29, 0.717) is 0 Å². The second-order valence-electron chi connectivity index (χ2n) is 4.00. The SMILES string of the molecule is COCC(NC(=O)NC(C)C(C)C)C(=O)O. The first-order chi connectivity index (χ1) is 7.38. The Kier molecular flexibility index (Phi) is 6.48. The number of amides is 2. The van der Waals surface area contributed by atoms with E-state index in [1.165, 1.54) is 7.11 Å². The van der Waals surface area contributed by atoms with Gasteiger partial charge in [-0.25, -0.2) is 9.59 Å². The molecule has 0 fully saturated rings. The summed E-state index contributed by atoms with van der Waals surface area (Å²) in [5.41, 5.74) is 0. The highest BCUT2D eigenvalue weighted by Gasteiger charge is 2.20. The molecule has 0 aromatic carbocycles. The van der Waals surface area contributed by atoms with Gasteiger partial charge in [-0.15, -0.1) is 0 Å². The first-order valence-electron chi connectivity index (χ1n) is 5.17. The van der Waals surface area contributed by atoms with Gasteiger partial charge in [-0.05, 0) is 12.8 Å². The molecule has 16 heavy (non-hydrogen) atoms. The lowest BCUT2D eigenvalue weighted by atomic mass is 10.1. The van der Waals surface area contributed by atoms with E-state index in [9.17, 15) is 9.59 Å². The zero-order valence-electron chi connectivity index (χ0n) is 10.1. The van der Waals surface area contributed by atoms with E-state index in [1.54, 1.807) is 0 Å². The molecule has 0 aromatic rings. The molecule has 0 aliphatic rings. The number of carboxylic acids is 1. The van der Waals surface area contributed by atoms with Crippen molar-refractivity contribution in [3.05, 3.63) is 0 Å². The second kappa shape index (κ2) is 7.05. The summed E-state index contributed by atoms with van der Waals surface area (Å²) >= 11 is 0. The minimum absolute atomic E-state index is 0.0167. The Morgan fingerprint density at radius 3 is 2.19 bits per heavy atom. The fraction of sp³-hybridized carbons (Fsp3) is 0.800. The quantitative estimate of drug-likeness (QED) is 0.619. The normalized spacial score (nSPS) is 14.3. The largest absolute Gasteiger partial charge is 0.480 e. The monoisotopic (exact) mass is 232 g/mol. The molecule has 0 rings (SSSR count). The van der Waals surface area contributed by atoms with E-state index in [4.69, 9.17) is 9.84 Å². The van der Waals surface area contributed by atoms with Crippen molar-refractivity contribution in [1.82, 2.24) is 10.6 Å². The number of urea groups is 1. The molecule has 0 aliphatic carbocycles. The van der Waals surface area contributed by atoms with Gasteiger partial charge in [0.05, 0.1) is 6.61 Å². The van der Waals surface area contributed by atoms with Crippen molar-refractivity contribution in [1.29, 1.82) is 0 Å². The molecule has 0 saturated heterocycles. The van der Waals surface area contributed by atoms with Gasteiger partial charge in [0.2, 0.25) is 0 Å². The number of carbonyl (C=O) groups excluding carboxylic acids is 1. The minimum atomic E-state index is -1.12. The van der Waals surface area contributed by atoms with Crippen molar-refractivity contribution in [3.63, 3.8) is 0 Å². The summed E-state index contributed by atoms with van der Waals surface area (Å²) < 4.78 is 4.70. The highest BCUT2D eigenvalue weighted by Crippen LogP contribution is 1.99. The van der Waals surface area contributed by atoms with Crippen LogP contribution in [0.2, 0.25) is 0 Å². The summed E-state index contributed by atoms with van der Waals surface area (Å²) in [4.78, 5) is 22.1. The fourth-order valence-corrected chi connectivity index (χ4v) is 0.915. The summed E-state index contributed by atoms with van der Waals surface area (Å²) in [6.07, 6.45) is 0. The summed E-state index contributed by atoms with van der Waals surface area (Å²) in [6.45, 7) is 5.73. The van der Waals surface area contributed by atoms with Crippen LogP contribution in [0, 0.1) is 5.92 Å². The van der Waals surface area contributed by atoms with Crippen LogP contribution < -0.4 is 10.6 Å². The lowest BCUT2D eigenvalue weighted by Crippen LogP contribution is -2.51. The molecule has 6 nitrogen and oxygen atoms in total. The Labute approximate surface area is 95.4 Å². The van der Waals surface area contributed by atoms with Crippen LogP contribution in [-0.2, 0) is 9.53 Å². The van der Waals surface area contributed by atoms with Crippen LogP contribution in [0.3, 0.4) is 0 Å². The van der Waals surface area contributed by atoms with Gasteiger partial charge < -0.3 is 20.5 Å². The first-order valence-corrected chi connectivity index (χ1v) is 5.17. The average molecular weight is 232 g/mol. The Balaban J connectivity index is 4.14. The third kappa shape index (κ3) is 5.55. The topological polar surface area (TPSA) is 87.7 Å². The van der Waals surface area contributed by atoms with Crippen molar-refractivity contribution >= 4 is 12.0 Å². The predicted octanol–water partition coefficient (Wildman–Crippen LogP) is 0.430. The number of hydrogen-bond donors (Lipinski definition) is 3. The van der Waals surface area contributed by atoms with E-state index in [-0.39, 0.29) is 18.6 Å². The van der Waals surface area contributed by atoms with Gasteiger partial charge in [-0.3, -0.25) is 0 Å². The molecule has 0 heterocycles. The summed E-state index contributed by atoms with van der Waals surface area (Å²) in [7, 11) is 1.38. The zero-order chi connectivity index (χ0) is 12.7. The maximum Gasteiger partial charge on any atom is 0.328 e. The highest BCUT2D eigenvalue weighted by molar-refractivity contribution is 5.82. The lowest BCUT2D eigenvalue weighted by molar-refractivity contribution is -0.140. The molecule has 6 heteroatoms. The number of aliphatic carboxylic acids is 1. The van der Waals surface area contributed by atoms with Gasteiger partial charge in [0.1, 0.15) is 0 Å². The maximum atomic E-state index is 11.4. The van der Waals surface area contributed by atoms with E-state index in [1.807, 2.05) is 20.8 Å². The molecular weight excluding hydrogens is 212 g/mol. The summed E-state index contributed by atoms with van der Waals surface area (Å²) in [6, 6.07) is -1.54. The van der Waals surface area contributed by atoms with Crippen molar-refractivity contribution in [3.8, 4) is 0 Å². The van der Waals surface area contributed by atoms with E-state index in [2.05, 4.69) is 10.6 Å². The number of carbonyl (C=O) groups is 2. The molecule has 2 unspecified atom stereocenters. The standard InChI is InChI=1S/C10H20N2O4/c1-6(2)7(3)11-10(15)12-8(5-16-4)9(13)14/h6-8H,5H2,1-4H3,(H,13,14)(H2,11,12,15). The molecule has 0 bridgehead atoms. The number of carboxylic acid groups (broad SMARTS) is 1.